The Bertz CT molecular complexity index is 1430. The van der Waals surface area contributed by atoms with E-state index in [9.17, 15) is 9.18 Å². The molecule has 0 aliphatic carbocycles. The first-order valence-corrected chi connectivity index (χ1v) is 11.2. The fourth-order valence-electron chi connectivity index (χ4n) is 3.53. The second-order valence-electron chi connectivity index (χ2n) is 7.83. The van der Waals surface area contributed by atoms with Gasteiger partial charge in [-0.3, -0.25) is 9.48 Å². The predicted octanol–water partition coefficient (Wildman–Crippen LogP) is 3.53. The van der Waals surface area contributed by atoms with Gasteiger partial charge in [-0.05, 0) is 30.3 Å². The van der Waals surface area contributed by atoms with Crippen LogP contribution < -0.4 is 15.4 Å². The number of benzene rings is 1. The van der Waals surface area contributed by atoms with Crippen LogP contribution in [-0.4, -0.2) is 54.9 Å². The Morgan fingerprint density at radius 1 is 1.28 bits per heavy atom. The summed E-state index contributed by atoms with van der Waals surface area (Å²) in [6.45, 7) is 6.40. The molecule has 5 rings (SSSR count). The highest BCUT2D eigenvalue weighted by molar-refractivity contribution is 5.98. The molecule has 184 valence electrons. The fourth-order valence-corrected chi connectivity index (χ4v) is 3.53. The van der Waals surface area contributed by atoms with Gasteiger partial charge in [0.2, 0.25) is 17.7 Å². The molecule has 0 fully saturated rings. The average molecular weight is 490 g/mol. The van der Waals surface area contributed by atoms with Crippen molar-refractivity contribution in [2.75, 3.05) is 30.3 Å². The molecule has 2 N–H and O–H groups in total. The highest BCUT2D eigenvalue weighted by atomic mass is 19.1. The molecule has 0 unspecified atom stereocenters. The molecule has 0 spiro atoms. The van der Waals surface area contributed by atoms with E-state index < -0.39 is 11.7 Å². The Balaban J connectivity index is 1.33. The molecule has 0 radical (unpaired) electrons. The molecule has 1 aliphatic heterocycles. The van der Waals surface area contributed by atoms with E-state index >= 15 is 0 Å². The Labute approximate surface area is 205 Å². The van der Waals surface area contributed by atoms with Gasteiger partial charge in [-0.2, -0.15) is 10.1 Å². The van der Waals surface area contributed by atoms with Gasteiger partial charge < -0.3 is 25.0 Å². The van der Waals surface area contributed by atoms with Gasteiger partial charge in [0.1, 0.15) is 12.1 Å². The van der Waals surface area contributed by atoms with E-state index in [4.69, 9.17) is 9.47 Å². The average Bonchev–Trinajstić information content (AvgIpc) is 3.55. The van der Waals surface area contributed by atoms with Crippen molar-refractivity contribution in [3.8, 4) is 11.6 Å². The van der Waals surface area contributed by atoms with Crippen LogP contribution in [0.5, 0.6) is 11.6 Å². The van der Waals surface area contributed by atoms with E-state index in [2.05, 4.69) is 37.3 Å². The summed E-state index contributed by atoms with van der Waals surface area (Å²) in [5.41, 5.74) is 1.58. The maximum atomic E-state index is 14.5. The van der Waals surface area contributed by atoms with E-state index in [1.165, 1.54) is 18.2 Å². The van der Waals surface area contributed by atoms with E-state index in [1.807, 2.05) is 17.1 Å². The van der Waals surface area contributed by atoms with Gasteiger partial charge in [-0.25, -0.2) is 8.91 Å². The zero-order chi connectivity index (χ0) is 24.9. The molecule has 4 heterocycles. The smallest absolute Gasteiger partial charge is 0.248 e. The normalized spacial score (nSPS) is 12.9. The highest BCUT2D eigenvalue weighted by Crippen LogP contribution is 2.30. The number of anilines is 3. The second kappa shape index (κ2) is 10.2. The van der Waals surface area contributed by atoms with Crippen molar-refractivity contribution in [1.82, 2.24) is 29.3 Å². The lowest BCUT2D eigenvalue weighted by Gasteiger charge is -2.23. The third-order valence-corrected chi connectivity index (χ3v) is 5.32. The number of aromatic nitrogens is 5. The van der Waals surface area contributed by atoms with E-state index in [-0.39, 0.29) is 17.6 Å². The van der Waals surface area contributed by atoms with Crippen LogP contribution in [0.3, 0.4) is 0 Å². The molecule has 36 heavy (non-hydrogen) atoms. The summed E-state index contributed by atoms with van der Waals surface area (Å²) >= 11 is 0. The number of carbonyl (C=O) groups excluding carboxylic acids is 1. The van der Waals surface area contributed by atoms with Crippen LogP contribution >= 0.6 is 0 Å². The van der Waals surface area contributed by atoms with Crippen LogP contribution in [0, 0.1) is 5.82 Å². The molecule has 0 saturated carbocycles. The molecule has 1 aliphatic rings. The number of ether oxygens (including phenoxy) is 2. The molecule has 0 atom stereocenters. The van der Waals surface area contributed by atoms with Crippen LogP contribution in [-0.2, 0) is 16.1 Å². The van der Waals surface area contributed by atoms with E-state index in [0.717, 1.165) is 19.2 Å². The summed E-state index contributed by atoms with van der Waals surface area (Å²) in [7, 11) is 0. The van der Waals surface area contributed by atoms with Crippen LogP contribution in [0.15, 0.2) is 74.0 Å². The number of nitrogens with one attached hydrogen (secondary N) is 2. The summed E-state index contributed by atoms with van der Waals surface area (Å²) in [6.07, 6.45) is 9.97. The number of hydrogen-bond donors (Lipinski definition) is 2. The molecule has 11 nitrogen and oxygen atoms in total. The number of amides is 1. The zero-order valence-corrected chi connectivity index (χ0v) is 19.2. The van der Waals surface area contributed by atoms with Crippen LogP contribution in [0.4, 0.5) is 21.7 Å². The number of hydrogen-bond acceptors (Lipinski definition) is 8. The van der Waals surface area contributed by atoms with Crippen LogP contribution in [0.2, 0.25) is 0 Å². The molecular weight excluding hydrogens is 467 g/mol. The molecular formula is C24H23FN8O3. The van der Waals surface area contributed by atoms with Crippen molar-refractivity contribution in [2.45, 2.75) is 6.54 Å². The Kier molecular flexibility index (Phi) is 6.47. The van der Waals surface area contributed by atoms with E-state index in [0.29, 0.717) is 30.0 Å². The lowest BCUT2D eigenvalue weighted by atomic mass is 10.3. The maximum absolute atomic E-state index is 14.5. The quantitative estimate of drug-likeness (QED) is 0.343. The van der Waals surface area contributed by atoms with Crippen molar-refractivity contribution in [3.63, 3.8) is 0 Å². The minimum Gasteiger partial charge on any atom is -0.498 e. The lowest BCUT2D eigenvalue weighted by Crippen LogP contribution is -2.28. The number of halogens is 1. The van der Waals surface area contributed by atoms with Crippen molar-refractivity contribution in [3.05, 3.63) is 79.9 Å². The zero-order valence-electron chi connectivity index (χ0n) is 19.2. The van der Waals surface area contributed by atoms with Gasteiger partial charge in [0, 0.05) is 36.9 Å². The summed E-state index contributed by atoms with van der Waals surface area (Å²) in [5, 5.41) is 14.5. The standard InChI is InChI=1S/C24H23FN8O3/c1-2-22(34)27-17-5-6-19(25)21(14-17)36-23-20-4-3-7-33(20)30-24(29-23)28-18-15-26-32(16-18)9-8-31-10-12-35-13-11-31/h2-7,10,12,14-16H,1,8-9,11,13H2,(H,27,34)(H,28,30). The largest absolute Gasteiger partial charge is 0.498 e. The number of carbonyl (C=O) groups is 1. The molecule has 4 aromatic rings. The van der Waals surface area contributed by atoms with Gasteiger partial charge in [-0.1, -0.05) is 6.58 Å². The lowest BCUT2D eigenvalue weighted by molar-refractivity contribution is -0.111. The van der Waals surface area contributed by atoms with E-state index in [1.54, 1.807) is 35.3 Å². The molecule has 12 heteroatoms. The summed E-state index contributed by atoms with van der Waals surface area (Å²) in [6, 6.07) is 7.52. The van der Waals surface area contributed by atoms with Crippen molar-refractivity contribution < 1.29 is 18.7 Å². The van der Waals surface area contributed by atoms with Crippen molar-refractivity contribution >= 4 is 28.7 Å². The summed E-state index contributed by atoms with van der Waals surface area (Å²) < 4.78 is 28.9. The third-order valence-electron chi connectivity index (χ3n) is 5.32. The Morgan fingerprint density at radius 2 is 2.19 bits per heavy atom. The molecule has 3 aromatic heterocycles. The second-order valence-corrected chi connectivity index (χ2v) is 7.83. The Hall–Kier alpha value is -4.87. The van der Waals surface area contributed by atoms with Crippen molar-refractivity contribution in [1.29, 1.82) is 0 Å². The summed E-state index contributed by atoms with van der Waals surface area (Å²) in [4.78, 5) is 18.2. The third kappa shape index (κ3) is 5.27. The monoisotopic (exact) mass is 490 g/mol. The SMILES string of the molecule is C=CC(=O)Nc1ccc(F)c(Oc2nc(Nc3cnn(CCN4C=COCC4)c3)nn3cccc23)c1. The first kappa shape index (κ1) is 22.9. The van der Waals surface area contributed by atoms with Crippen molar-refractivity contribution in [2.24, 2.45) is 0 Å². The maximum Gasteiger partial charge on any atom is 0.248 e. The summed E-state index contributed by atoms with van der Waals surface area (Å²) in [5.74, 6) is -0.761. The number of fused-ring (bicyclic) bond motifs is 1. The molecule has 0 saturated heterocycles. The molecule has 1 aromatic carbocycles. The number of nitrogens with zero attached hydrogens (tertiary/aromatic N) is 6. The molecule has 1 amide bonds. The van der Waals surface area contributed by atoms with Gasteiger partial charge in [0.25, 0.3) is 0 Å². The number of rotatable bonds is 9. The van der Waals surface area contributed by atoms with Gasteiger partial charge in [0.05, 0.1) is 31.2 Å². The van der Waals surface area contributed by atoms with Gasteiger partial charge in [-0.15, -0.1) is 5.10 Å². The first-order chi connectivity index (χ1) is 17.6. The topological polar surface area (TPSA) is 111 Å². The predicted molar refractivity (Wildman–Crippen MR) is 130 cm³/mol. The Morgan fingerprint density at radius 3 is 3.03 bits per heavy atom. The molecule has 0 bridgehead atoms. The first-order valence-electron chi connectivity index (χ1n) is 11.2. The van der Waals surface area contributed by atoms with Gasteiger partial charge in [0.15, 0.2) is 11.6 Å². The van der Waals surface area contributed by atoms with Crippen LogP contribution in [0.1, 0.15) is 0 Å². The highest BCUT2D eigenvalue weighted by Gasteiger charge is 2.15. The van der Waals surface area contributed by atoms with Gasteiger partial charge >= 0.3 is 0 Å². The minimum absolute atomic E-state index is 0.102. The minimum atomic E-state index is -0.610. The van der Waals surface area contributed by atoms with Crippen LogP contribution in [0.25, 0.3) is 5.52 Å². The fraction of sp³-hybridized carbons (Fsp3) is 0.167.